The predicted octanol–water partition coefficient (Wildman–Crippen LogP) is 15.9. The number of esters is 2. The number of unbranched alkanes of at least 4 members (excludes halogenated alkanes) is 38. The zero-order chi connectivity index (χ0) is 39.3. The summed E-state index contributed by atoms with van der Waals surface area (Å²) in [5, 5.41) is 9.61. The molecule has 5 heteroatoms. The minimum Gasteiger partial charge on any atom is -0.462 e. The number of hydrogen-bond donors (Lipinski definition) is 1. The highest BCUT2D eigenvalue weighted by atomic mass is 16.6. The molecule has 5 nitrogen and oxygen atoms in total. The van der Waals surface area contributed by atoms with E-state index >= 15 is 0 Å². The van der Waals surface area contributed by atoms with Crippen LogP contribution >= 0.6 is 0 Å². The van der Waals surface area contributed by atoms with Crippen molar-refractivity contribution in [3.63, 3.8) is 0 Å². The Morgan fingerprint density at radius 1 is 0.352 bits per heavy atom. The normalized spacial score (nSPS) is 12.0. The first-order valence-corrected chi connectivity index (χ1v) is 24.6. The molecular weight excluding hydrogens is 669 g/mol. The Balaban J connectivity index is 3.43. The Labute approximate surface area is 338 Å². The molecule has 0 unspecified atom stereocenters. The van der Waals surface area contributed by atoms with Crippen LogP contribution in [0.4, 0.5) is 0 Å². The van der Waals surface area contributed by atoms with Gasteiger partial charge in [-0.15, -0.1) is 0 Å². The molecule has 0 fully saturated rings. The van der Waals surface area contributed by atoms with Crippen molar-refractivity contribution in [2.45, 2.75) is 290 Å². The first-order chi connectivity index (χ1) is 26.6. The fraction of sp³-hybridized carbons (Fsp3) is 0.959. The van der Waals surface area contributed by atoms with E-state index in [2.05, 4.69) is 13.8 Å². The first kappa shape index (κ1) is 52.9. The number of rotatable bonds is 46. The van der Waals surface area contributed by atoms with E-state index < -0.39 is 6.10 Å². The van der Waals surface area contributed by atoms with Crippen LogP contribution in [0, 0.1) is 0 Å². The van der Waals surface area contributed by atoms with Gasteiger partial charge in [-0.1, -0.05) is 258 Å². The number of carbonyl (C=O) groups excluding carboxylic acids is 2. The summed E-state index contributed by atoms with van der Waals surface area (Å²) in [6.07, 6.45) is 53.3. The third-order valence-corrected chi connectivity index (χ3v) is 11.4. The van der Waals surface area contributed by atoms with Crippen molar-refractivity contribution in [3.8, 4) is 0 Å². The van der Waals surface area contributed by atoms with Crippen LogP contribution in [0.1, 0.15) is 284 Å². The summed E-state index contributed by atoms with van der Waals surface area (Å²) in [5.74, 6) is -0.567. The lowest BCUT2D eigenvalue weighted by atomic mass is 10.0. The number of ether oxygens (including phenoxy) is 2. The molecule has 0 aliphatic carbocycles. The first-order valence-electron chi connectivity index (χ1n) is 24.6. The van der Waals surface area contributed by atoms with Crippen LogP contribution in [0.3, 0.4) is 0 Å². The molecule has 0 amide bonds. The lowest BCUT2D eigenvalue weighted by Gasteiger charge is -2.15. The molecule has 1 atom stereocenters. The summed E-state index contributed by atoms with van der Waals surface area (Å²) in [5.41, 5.74) is 0. The van der Waals surface area contributed by atoms with Crippen molar-refractivity contribution in [1.29, 1.82) is 0 Å². The van der Waals surface area contributed by atoms with Crippen LogP contribution < -0.4 is 0 Å². The van der Waals surface area contributed by atoms with Gasteiger partial charge < -0.3 is 14.6 Å². The minimum absolute atomic E-state index is 0.0560. The zero-order valence-corrected chi connectivity index (χ0v) is 36.8. The zero-order valence-electron chi connectivity index (χ0n) is 36.8. The second kappa shape index (κ2) is 46.3. The predicted molar refractivity (Wildman–Crippen MR) is 233 cm³/mol. The summed E-state index contributed by atoms with van der Waals surface area (Å²) >= 11 is 0. The molecule has 0 saturated carbocycles. The SMILES string of the molecule is CCCCCCCCCCCCCCCCCCCCCCC(=O)OC[C@H](CO)OC(=O)CCCCCCCCCCCCCCCCCCCCCC. The molecular formula is C49H96O5. The van der Waals surface area contributed by atoms with Gasteiger partial charge in [0.05, 0.1) is 6.61 Å². The highest BCUT2D eigenvalue weighted by molar-refractivity contribution is 5.70. The number of carbonyl (C=O) groups is 2. The van der Waals surface area contributed by atoms with Crippen LogP contribution in [0.15, 0.2) is 0 Å². The molecule has 0 aliphatic rings. The summed E-state index contributed by atoms with van der Waals surface area (Å²) < 4.78 is 10.7. The lowest BCUT2D eigenvalue weighted by molar-refractivity contribution is -0.161. The molecule has 1 N–H and O–H groups in total. The van der Waals surface area contributed by atoms with Crippen LogP contribution in [0.2, 0.25) is 0 Å². The molecule has 0 rings (SSSR count). The van der Waals surface area contributed by atoms with E-state index in [0.29, 0.717) is 12.8 Å². The Kier molecular flexibility index (Phi) is 45.3. The third kappa shape index (κ3) is 43.6. The Morgan fingerprint density at radius 2 is 0.574 bits per heavy atom. The second-order valence-electron chi connectivity index (χ2n) is 16.9. The van der Waals surface area contributed by atoms with E-state index in [4.69, 9.17) is 9.47 Å². The highest BCUT2D eigenvalue weighted by Gasteiger charge is 2.16. The topological polar surface area (TPSA) is 72.8 Å². The minimum atomic E-state index is -0.763. The van der Waals surface area contributed by atoms with Gasteiger partial charge in [0.2, 0.25) is 0 Å². The molecule has 0 aromatic carbocycles. The average Bonchev–Trinajstić information content (AvgIpc) is 3.17. The van der Waals surface area contributed by atoms with Crippen molar-refractivity contribution in [1.82, 2.24) is 0 Å². The van der Waals surface area contributed by atoms with Gasteiger partial charge in [-0.2, -0.15) is 0 Å². The van der Waals surface area contributed by atoms with E-state index in [-0.39, 0.29) is 25.2 Å². The molecule has 322 valence electrons. The maximum atomic E-state index is 12.2. The monoisotopic (exact) mass is 765 g/mol. The molecule has 0 aromatic rings. The van der Waals surface area contributed by atoms with Gasteiger partial charge in [0, 0.05) is 12.8 Å². The van der Waals surface area contributed by atoms with Crippen LogP contribution in [0.5, 0.6) is 0 Å². The van der Waals surface area contributed by atoms with Gasteiger partial charge in [-0.05, 0) is 12.8 Å². The van der Waals surface area contributed by atoms with E-state index in [1.807, 2.05) is 0 Å². The van der Waals surface area contributed by atoms with Gasteiger partial charge >= 0.3 is 11.9 Å². The number of aliphatic hydroxyl groups is 1. The summed E-state index contributed by atoms with van der Waals surface area (Å²) in [7, 11) is 0. The van der Waals surface area contributed by atoms with Gasteiger partial charge in [-0.25, -0.2) is 0 Å². The number of hydrogen-bond acceptors (Lipinski definition) is 5. The van der Waals surface area contributed by atoms with Crippen molar-refractivity contribution >= 4 is 11.9 Å². The smallest absolute Gasteiger partial charge is 0.306 e. The van der Waals surface area contributed by atoms with Crippen LogP contribution in [0.25, 0.3) is 0 Å². The molecule has 0 bridgehead atoms. The van der Waals surface area contributed by atoms with Gasteiger partial charge in [-0.3, -0.25) is 9.59 Å². The standard InChI is InChI=1S/C49H96O5/c1-3-5-7-9-11-13-15-17-19-21-23-25-27-29-31-33-35-37-39-41-43-48(51)53-46-47(45-50)54-49(52)44-42-40-38-36-34-32-30-28-26-24-22-20-18-16-14-12-10-8-6-4-2/h47,50H,3-46H2,1-2H3/t47-/m0/s1. The summed E-state index contributed by atoms with van der Waals surface area (Å²) in [6, 6.07) is 0. The third-order valence-electron chi connectivity index (χ3n) is 11.4. The highest BCUT2D eigenvalue weighted by Crippen LogP contribution is 2.17. The molecule has 54 heavy (non-hydrogen) atoms. The molecule has 0 saturated heterocycles. The van der Waals surface area contributed by atoms with Crippen molar-refractivity contribution in [2.75, 3.05) is 13.2 Å². The summed E-state index contributed by atoms with van der Waals surface area (Å²) in [4.78, 5) is 24.4. The number of aliphatic hydroxyl groups excluding tert-OH is 1. The van der Waals surface area contributed by atoms with Crippen molar-refractivity contribution in [2.24, 2.45) is 0 Å². The average molecular weight is 765 g/mol. The maximum absolute atomic E-state index is 12.2. The Bertz CT molecular complexity index is 740. The van der Waals surface area contributed by atoms with E-state index in [1.54, 1.807) is 0 Å². The van der Waals surface area contributed by atoms with E-state index in [9.17, 15) is 14.7 Å². The Morgan fingerprint density at radius 3 is 0.815 bits per heavy atom. The van der Waals surface area contributed by atoms with Gasteiger partial charge in [0.25, 0.3) is 0 Å². The quantitative estimate of drug-likeness (QED) is 0.0494. The molecule has 0 radical (unpaired) electrons. The van der Waals surface area contributed by atoms with Crippen LogP contribution in [-0.4, -0.2) is 36.4 Å². The molecule has 0 spiro atoms. The van der Waals surface area contributed by atoms with Gasteiger partial charge in [0.1, 0.15) is 6.61 Å². The Hall–Kier alpha value is -1.10. The lowest BCUT2D eigenvalue weighted by Crippen LogP contribution is -2.28. The van der Waals surface area contributed by atoms with Crippen molar-refractivity contribution < 1.29 is 24.2 Å². The van der Waals surface area contributed by atoms with E-state index in [0.717, 1.165) is 32.1 Å². The van der Waals surface area contributed by atoms with Crippen LogP contribution in [-0.2, 0) is 19.1 Å². The molecule has 0 aliphatic heterocycles. The largest absolute Gasteiger partial charge is 0.462 e. The molecule has 0 heterocycles. The maximum Gasteiger partial charge on any atom is 0.306 e. The summed E-state index contributed by atoms with van der Waals surface area (Å²) in [6.45, 7) is 4.20. The fourth-order valence-corrected chi connectivity index (χ4v) is 7.68. The van der Waals surface area contributed by atoms with E-state index in [1.165, 1.54) is 225 Å². The molecule has 0 aromatic heterocycles. The van der Waals surface area contributed by atoms with Crippen molar-refractivity contribution in [3.05, 3.63) is 0 Å². The second-order valence-corrected chi connectivity index (χ2v) is 16.9. The fourth-order valence-electron chi connectivity index (χ4n) is 7.68. The van der Waals surface area contributed by atoms with Gasteiger partial charge in [0.15, 0.2) is 6.10 Å².